The predicted octanol–water partition coefficient (Wildman–Crippen LogP) is 4.12. The van der Waals surface area contributed by atoms with Crippen LogP contribution >= 0.6 is 35.0 Å². The van der Waals surface area contributed by atoms with E-state index in [4.69, 9.17) is 37.8 Å². The third kappa shape index (κ3) is 4.54. The number of amidine groups is 2. The van der Waals surface area contributed by atoms with Crippen molar-refractivity contribution in [2.24, 2.45) is 10.1 Å². The number of hydrazone groups is 1. The van der Waals surface area contributed by atoms with Crippen LogP contribution in [0.25, 0.3) is 17.4 Å². The Balaban J connectivity index is 1.33. The molecule has 0 saturated carbocycles. The largest absolute Gasteiger partial charge is 0.457 e. The van der Waals surface area contributed by atoms with Crippen LogP contribution in [-0.4, -0.2) is 64.1 Å². The van der Waals surface area contributed by atoms with E-state index in [9.17, 15) is 9.59 Å². The van der Waals surface area contributed by atoms with Gasteiger partial charge in [0.15, 0.2) is 5.84 Å². The summed E-state index contributed by atoms with van der Waals surface area (Å²) in [6, 6.07) is 8.53. The van der Waals surface area contributed by atoms with E-state index in [1.165, 1.54) is 11.1 Å². The summed E-state index contributed by atoms with van der Waals surface area (Å²) in [6.45, 7) is 2.10. The zero-order valence-electron chi connectivity index (χ0n) is 17.6. The van der Waals surface area contributed by atoms with Gasteiger partial charge in [0.2, 0.25) is 11.1 Å². The van der Waals surface area contributed by atoms with Gasteiger partial charge in [-0.15, -0.1) is 0 Å². The minimum Gasteiger partial charge on any atom is -0.457 e. The number of nitrogens with one attached hydrogen (secondary N) is 1. The van der Waals surface area contributed by atoms with E-state index in [2.05, 4.69) is 10.1 Å². The molecular weight excluding hydrogens is 501 g/mol. The lowest BCUT2D eigenvalue weighted by Crippen LogP contribution is -2.41. The standard InChI is InChI=1S/C22H17Cl2N5O4S/c23-15-3-1-12(9-16(15)24)17-4-2-13(33-17)10-14-20(25)29-22(26-21(14)31)34-18(27-29)11-19(30)28-5-7-32-8-6-28/h1-4,9-10,25H,5-8,11H2. The van der Waals surface area contributed by atoms with Crippen molar-refractivity contribution in [3.05, 3.63) is 51.7 Å². The van der Waals surface area contributed by atoms with Crippen LogP contribution in [0.15, 0.2) is 50.4 Å². The first kappa shape index (κ1) is 22.9. The maximum atomic E-state index is 12.6. The topological polar surface area (TPSA) is 112 Å². The van der Waals surface area contributed by atoms with Crippen LogP contribution in [0, 0.1) is 5.41 Å². The highest BCUT2D eigenvalue weighted by atomic mass is 35.5. The number of rotatable bonds is 4. The van der Waals surface area contributed by atoms with Gasteiger partial charge >= 0.3 is 0 Å². The molecule has 1 aromatic carbocycles. The number of ether oxygens (including phenoxy) is 1. The monoisotopic (exact) mass is 517 g/mol. The summed E-state index contributed by atoms with van der Waals surface area (Å²) in [5, 5.41) is 15.7. The first-order valence-corrected chi connectivity index (χ1v) is 11.9. The second-order valence-electron chi connectivity index (χ2n) is 7.51. The average Bonchev–Trinajstić information content (AvgIpc) is 3.46. The summed E-state index contributed by atoms with van der Waals surface area (Å²) in [4.78, 5) is 30.9. The van der Waals surface area contributed by atoms with Crippen LogP contribution in [0.2, 0.25) is 10.0 Å². The van der Waals surface area contributed by atoms with Gasteiger partial charge in [-0.3, -0.25) is 15.0 Å². The first-order chi connectivity index (χ1) is 16.4. The van der Waals surface area contributed by atoms with E-state index in [1.807, 2.05) is 0 Å². The molecule has 9 nitrogen and oxygen atoms in total. The number of furan rings is 1. The van der Waals surface area contributed by atoms with Crippen molar-refractivity contribution in [1.29, 1.82) is 5.41 Å². The summed E-state index contributed by atoms with van der Waals surface area (Å²) < 4.78 is 11.1. The molecule has 0 unspecified atom stereocenters. The van der Waals surface area contributed by atoms with Crippen molar-refractivity contribution in [2.45, 2.75) is 6.42 Å². The zero-order chi connectivity index (χ0) is 23.8. The summed E-state index contributed by atoms with van der Waals surface area (Å²) >= 11 is 13.2. The molecule has 5 rings (SSSR count). The van der Waals surface area contributed by atoms with Gasteiger partial charge in [0, 0.05) is 18.7 Å². The lowest BCUT2D eigenvalue weighted by molar-refractivity contribution is -0.133. The number of amides is 2. The van der Waals surface area contributed by atoms with Gasteiger partial charge < -0.3 is 14.1 Å². The number of aliphatic imine (C=N–C) groups is 1. The van der Waals surface area contributed by atoms with Gasteiger partial charge in [-0.1, -0.05) is 23.2 Å². The molecule has 0 spiro atoms. The molecule has 0 radical (unpaired) electrons. The van der Waals surface area contributed by atoms with Crippen molar-refractivity contribution in [1.82, 2.24) is 9.91 Å². The number of thioether (sulfide) groups is 1. The van der Waals surface area contributed by atoms with Crippen molar-refractivity contribution in [3.8, 4) is 11.3 Å². The van der Waals surface area contributed by atoms with Crippen LogP contribution in [0.3, 0.4) is 0 Å². The number of hydrogen-bond donors (Lipinski definition) is 1. The molecule has 4 heterocycles. The Bertz CT molecular complexity index is 1300. The molecule has 1 aromatic heterocycles. The molecule has 2 amide bonds. The normalized spacial score (nSPS) is 19.4. The van der Waals surface area contributed by atoms with E-state index >= 15 is 0 Å². The predicted molar refractivity (Wildman–Crippen MR) is 131 cm³/mol. The number of halogens is 2. The second kappa shape index (κ2) is 9.38. The minimum atomic E-state index is -0.577. The smallest absolute Gasteiger partial charge is 0.283 e. The highest BCUT2D eigenvalue weighted by Crippen LogP contribution is 2.32. The number of benzene rings is 1. The number of fused-ring (bicyclic) bond motifs is 1. The highest BCUT2D eigenvalue weighted by Gasteiger charge is 2.36. The number of carbonyl (C=O) groups is 2. The van der Waals surface area contributed by atoms with Gasteiger partial charge in [0.05, 0.1) is 35.3 Å². The Morgan fingerprint density at radius 1 is 1.18 bits per heavy atom. The van der Waals surface area contributed by atoms with E-state index in [-0.39, 0.29) is 28.9 Å². The molecule has 1 fully saturated rings. The Hall–Kier alpha value is -2.92. The molecule has 34 heavy (non-hydrogen) atoms. The average molecular weight is 518 g/mol. The van der Waals surface area contributed by atoms with Crippen LogP contribution in [0.1, 0.15) is 12.2 Å². The minimum absolute atomic E-state index is 0.0314. The van der Waals surface area contributed by atoms with Crippen molar-refractivity contribution in [3.63, 3.8) is 0 Å². The Morgan fingerprint density at radius 2 is 1.97 bits per heavy atom. The Labute approximate surface area is 208 Å². The van der Waals surface area contributed by atoms with Crippen molar-refractivity contribution >= 4 is 68.9 Å². The summed E-state index contributed by atoms with van der Waals surface area (Å²) in [5.41, 5.74) is 0.753. The molecule has 1 saturated heterocycles. The summed E-state index contributed by atoms with van der Waals surface area (Å²) in [6.07, 6.45) is 1.52. The fourth-order valence-corrected chi connectivity index (χ4v) is 4.71. The first-order valence-electron chi connectivity index (χ1n) is 10.3. The quantitative estimate of drug-likeness (QED) is 0.610. The van der Waals surface area contributed by atoms with E-state index in [0.717, 1.165) is 17.3 Å². The molecule has 0 atom stereocenters. The fraction of sp³-hybridized carbons (Fsp3) is 0.227. The van der Waals surface area contributed by atoms with Gasteiger partial charge in [0.1, 0.15) is 16.6 Å². The van der Waals surface area contributed by atoms with Gasteiger partial charge in [0.25, 0.3) is 5.91 Å². The Kier molecular flexibility index (Phi) is 6.30. The molecule has 0 bridgehead atoms. The molecule has 3 aliphatic heterocycles. The summed E-state index contributed by atoms with van der Waals surface area (Å²) in [7, 11) is 0. The van der Waals surface area contributed by atoms with E-state index in [0.29, 0.717) is 52.9 Å². The number of morpholine rings is 1. The molecule has 174 valence electrons. The molecule has 2 aromatic rings. The number of hydrogen-bond acceptors (Lipinski definition) is 7. The molecule has 0 aliphatic carbocycles. The zero-order valence-corrected chi connectivity index (χ0v) is 19.9. The number of nitrogens with zero attached hydrogens (tertiary/aromatic N) is 4. The molecular formula is C22H17Cl2N5O4S. The lowest BCUT2D eigenvalue weighted by atomic mass is 10.1. The van der Waals surface area contributed by atoms with Gasteiger partial charge in [-0.05, 0) is 48.2 Å². The second-order valence-corrected chi connectivity index (χ2v) is 9.37. The van der Waals surface area contributed by atoms with E-state index in [1.54, 1.807) is 35.2 Å². The van der Waals surface area contributed by atoms with E-state index < -0.39 is 5.91 Å². The Morgan fingerprint density at radius 3 is 2.74 bits per heavy atom. The highest BCUT2D eigenvalue weighted by molar-refractivity contribution is 8.27. The molecule has 3 aliphatic rings. The molecule has 12 heteroatoms. The van der Waals surface area contributed by atoms with Gasteiger partial charge in [-0.25, -0.2) is 0 Å². The lowest BCUT2D eigenvalue weighted by Gasteiger charge is -2.26. The van der Waals surface area contributed by atoms with Crippen LogP contribution in [0.5, 0.6) is 0 Å². The van der Waals surface area contributed by atoms with Gasteiger partial charge in [-0.2, -0.15) is 15.1 Å². The van der Waals surface area contributed by atoms with Crippen LogP contribution < -0.4 is 0 Å². The SMILES string of the molecule is N=C1C(=Cc2ccc(-c3ccc(Cl)c(Cl)c3)o2)C(=O)N=C2SC(CC(=O)N3CCOCC3)=NN12. The van der Waals surface area contributed by atoms with Crippen molar-refractivity contribution < 1.29 is 18.7 Å². The van der Waals surface area contributed by atoms with Crippen LogP contribution in [0.4, 0.5) is 0 Å². The fourth-order valence-electron chi connectivity index (χ4n) is 3.53. The van der Waals surface area contributed by atoms with Crippen LogP contribution in [-0.2, 0) is 14.3 Å². The summed E-state index contributed by atoms with van der Waals surface area (Å²) in [5.74, 6) is 0.111. The number of carbonyl (C=O) groups excluding carboxylic acids is 2. The van der Waals surface area contributed by atoms with Crippen molar-refractivity contribution in [2.75, 3.05) is 26.3 Å². The molecule has 1 N–H and O–H groups in total. The maximum absolute atomic E-state index is 12.6. The third-order valence-corrected chi connectivity index (χ3v) is 6.93. The third-order valence-electron chi connectivity index (χ3n) is 5.28. The maximum Gasteiger partial charge on any atom is 0.283 e.